The number of hydrogen-bond donors (Lipinski definition) is 0. The van der Waals surface area contributed by atoms with E-state index in [9.17, 15) is 9.59 Å². The number of ketones is 1. The first-order chi connectivity index (χ1) is 13.9. The number of Topliss-reactive ketones (excluding diaryl/α,β-unsaturated/α-hetero) is 1. The van der Waals surface area contributed by atoms with Gasteiger partial charge in [-0.05, 0) is 54.9 Å². The van der Waals surface area contributed by atoms with Crippen molar-refractivity contribution < 1.29 is 19.1 Å². The van der Waals surface area contributed by atoms with Crippen molar-refractivity contribution in [3.63, 3.8) is 0 Å². The Balaban J connectivity index is 2.22. The molecule has 0 N–H and O–H groups in total. The summed E-state index contributed by atoms with van der Waals surface area (Å²) < 4.78 is 10.9. The lowest BCUT2D eigenvalue weighted by Crippen LogP contribution is -2.58. The number of halogens is 1. The van der Waals surface area contributed by atoms with E-state index in [0.717, 1.165) is 54.2 Å². The van der Waals surface area contributed by atoms with Gasteiger partial charge < -0.3 is 9.47 Å². The second-order valence-electron chi connectivity index (χ2n) is 10.7. The van der Waals surface area contributed by atoms with E-state index in [-0.39, 0.29) is 23.1 Å². The molecule has 0 spiro atoms. The molecule has 0 saturated heterocycles. The molecule has 166 valence electrons. The molecule has 1 saturated carbocycles. The summed E-state index contributed by atoms with van der Waals surface area (Å²) in [6.45, 7) is 11.3. The molecule has 0 aromatic heterocycles. The molecule has 2 aliphatic rings. The fourth-order valence-corrected chi connectivity index (χ4v) is 8.19. The number of rotatable bonds is 5. The van der Waals surface area contributed by atoms with Crippen molar-refractivity contribution in [2.45, 2.75) is 75.5 Å². The quantitative estimate of drug-likeness (QED) is 0.296. The average Bonchev–Trinajstić information content (AvgIpc) is 2.68. The van der Waals surface area contributed by atoms with Gasteiger partial charge in [0.1, 0.15) is 5.75 Å². The normalized spacial score (nSPS) is 31.0. The van der Waals surface area contributed by atoms with Crippen LogP contribution < -0.4 is 4.74 Å². The minimum absolute atomic E-state index is 0.0951. The highest BCUT2D eigenvalue weighted by atomic mass is 79.9. The van der Waals surface area contributed by atoms with E-state index in [2.05, 4.69) is 42.5 Å². The maximum atomic E-state index is 13.7. The second-order valence-corrected chi connectivity index (χ2v) is 17.3. The van der Waals surface area contributed by atoms with Crippen LogP contribution in [0.1, 0.15) is 54.6 Å². The van der Waals surface area contributed by atoms with Crippen molar-refractivity contribution in [1.29, 1.82) is 0 Å². The van der Waals surface area contributed by atoms with Gasteiger partial charge in [0.2, 0.25) is 0 Å². The second kappa shape index (κ2) is 8.08. The molecule has 2 aliphatic carbocycles. The maximum absolute atomic E-state index is 13.7. The molecule has 0 aliphatic heterocycles. The number of carbonyl (C=O) groups is 2. The number of benzene rings is 1. The topological polar surface area (TPSA) is 52.6 Å². The van der Waals surface area contributed by atoms with E-state index in [1.165, 1.54) is 7.11 Å². The van der Waals surface area contributed by atoms with E-state index in [4.69, 9.17) is 9.47 Å². The Labute approximate surface area is 190 Å². The van der Waals surface area contributed by atoms with Gasteiger partial charge >= 0.3 is 5.97 Å². The largest absolute Gasteiger partial charge is 0.497 e. The van der Waals surface area contributed by atoms with E-state index < -0.39 is 18.3 Å². The van der Waals surface area contributed by atoms with Crippen molar-refractivity contribution in [2.24, 2.45) is 11.3 Å². The molecule has 6 heteroatoms. The van der Waals surface area contributed by atoms with Gasteiger partial charge in [-0.2, -0.15) is 0 Å². The van der Waals surface area contributed by atoms with Crippen LogP contribution in [0.4, 0.5) is 0 Å². The first-order valence-corrected chi connectivity index (χ1v) is 15.5. The summed E-state index contributed by atoms with van der Waals surface area (Å²) in [5.74, 6) is 0.507. The Bertz CT molecular complexity index is 861. The van der Waals surface area contributed by atoms with E-state index in [1.807, 2.05) is 19.1 Å². The highest BCUT2D eigenvalue weighted by Crippen LogP contribution is 2.60. The molecular formula is C24H35BrO4Si. The smallest absolute Gasteiger partial charge is 0.311 e. The van der Waals surface area contributed by atoms with Gasteiger partial charge in [0.15, 0.2) is 5.78 Å². The van der Waals surface area contributed by atoms with Crippen LogP contribution in [0.2, 0.25) is 25.7 Å². The molecule has 0 amide bonds. The van der Waals surface area contributed by atoms with Gasteiger partial charge in [-0.1, -0.05) is 55.0 Å². The average molecular weight is 496 g/mol. The third-order valence-corrected chi connectivity index (χ3v) is 10.1. The molecule has 1 fully saturated rings. The number of ether oxygens (including phenoxy) is 2. The standard InChI is InChI=1S/C24H35BrO4Si/c1-23-10-8-11-24(2,22(27)29-4)21(23)19(25)20(26)18-15(9-12-30(5,6)7)13-16(28-3)14-17(18)23/h13-14,19,21H,8-12H2,1-7H3/t19-,21+,23+,24-/m0/s1. The van der Waals surface area contributed by atoms with Crippen molar-refractivity contribution >= 4 is 35.8 Å². The van der Waals surface area contributed by atoms with Crippen molar-refractivity contribution in [1.82, 2.24) is 0 Å². The predicted molar refractivity (Wildman–Crippen MR) is 127 cm³/mol. The Morgan fingerprint density at radius 2 is 1.87 bits per heavy atom. The molecule has 4 atom stereocenters. The zero-order valence-electron chi connectivity index (χ0n) is 19.4. The van der Waals surface area contributed by atoms with Gasteiger partial charge in [0.25, 0.3) is 0 Å². The molecule has 3 rings (SSSR count). The Morgan fingerprint density at radius 3 is 2.43 bits per heavy atom. The Hall–Kier alpha value is -1.14. The number of hydrogen-bond acceptors (Lipinski definition) is 4. The number of alkyl halides is 1. The molecule has 30 heavy (non-hydrogen) atoms. The summed E-state index contributed by atoms with van der Waals surface area (Å²) in [6.07, 6.45) is 3.48. The lowest BCUT2D eigenvalue weighted by Gasteiger charge is -2.55. The lowest BCUT2D eigenvalue weighted by molar-refractivity contribution is -0.160. The van der Waals surface area contributed by atoms with E-state index in [1.54, 1.807) is 7.11 Å². The zero-order valence-corrected chi connectivity index (χ0v) is 21.9. The molecule has 0 heterocycles. The summed E-state index contributed by atoms with van der Waals surface area (Å²) >= 11 is 3.75. The summed E-state index contributed by atoms with van der Waals surface area (Å²) in [5.41, 5.74) is 1.98. The van der Waals surface area contributed by atoms with Gasteiger partial charge in [0.05, 0.1) is 24.5 Å². The van der Waals surface area contributed by atoms with Crippen molar-refractivity contribution in [2.75, 3.05) is 14.2 Å². The Morgan fingerprint density at radius 1 is 1.20 bits per heavy atom. The first kappa shape index (κ1) is 23.5. The first-order valence-electron chi connectivity index (χ1n) is 10.9. The summed E-state index contributed by atoms with van der Waals surface area (Å²) in [6, 6.07) is 5.20. The van der Waals surface area contributed by atoms with Gasteiger partial charge in [-0.3, -0.25) is 9.59 Å². The van der Waals surface area contributed by atoms with E-state index >= 15 is 0 Å². The molecular weight excluding hydrogens is 460 g/mol. The molecule has 0 bridgehead atoms. The minimum Gasteiger partial charge on any atom is -0.497 e. The van der Waals surface area contributed by atoms with Crippen LogP contribution in [-0.4, -0.2) is 38.9 Å². The SMILES string of the molecule is COC(=O)[C@@]1(C)CCC[C@]2(C)c3cc(OC)cc(CC[Si](C)(C)C)c3C(=O)[C@H](Br)[C@@H]12. The fraction of sp³-hybridized carbons (Fsp3) is 0.667. The number of methoxy groups -OCH3 is 2. The van der Waals surface area contributed by atoms with Crippen LogP contribution in [0.3, 0.4) is 0 Å². The summed E-state index contributed by atoms with van der Waals surface area (Å²) in [4.78, 5) is 26.2. The molecule has 4 nitrogen and oxygen atoms in total. The van der Waals surface area contributed by atoms with Gasteiger partial charge in [0, 0.05) is 19.6 Å². The van der Waals surface area contributed by atoms with Crippen molar-refractivity contribution in [3.8, 4) is 5.75 Å². The minimum atomic E-state index is -1.27. The van der Waals surface area contributed by atoms with Gasteiger partial charge in [-0.15, -0.1) is 0 Å². The van der Waals surface area contributed by atoms with Crippen LogP contribution in [0, 0.1) is 11.3 Å². The number of carbonyl (C=O) groups excluding carboxylic acids is 2. The lowest BCUT2D eigenvalue weighted by atomic mass is 9.49. The van der Waals surface area contributed by atoms with Crippen LogP contribution in [0.15, 0.2) is 12.1 Å². The van der Waals surface area contributed by atoms with E-state index in [0.29, 0.717) is 0 Å². The summed E-state index contributed by atoms with van der Waals surface area (Å²) in [5, 5.41) is 0. The molecule has 1 aromatic carbocycles. The van der Waals surface area contributed by atoms with Gasteiger partial charge in [-0.25, -0.2) is 0 Å². The predicted octanol–water partition coefficient (Wildman–Crippen LogP) is 5.77. The third kappa shape index (κ3) is 3.79. The van der Waals surface area contributed by atoms with Crippen LogP contribution in [0.25, 0.3) is 0 Å². The third-order valence-electron chi connectivity index (χ3n) is 7.40. The molecule has 0 radical (unpaired) electrons. The Kier molecular flexibility index (Phi) is 6.34. The molecule has 0 unspecified atom stereocenters. The van der Waals surface area contributed by atoms with Crippen LogP contribution in [-0.2, 0) is 21.4 Å². The summed E-state index contributed by atoms with van der Waals surface area (Å²) in [7, 11) is 1.85. The fourth-order valence-electron chi connectivity index (χ4n) is 5.78. The number of aryl methyl sites for hydroxylation is 1. The highest BCUT2D eigenvalue weighted by Gasteiger charge is 2.61. The van der Waals surface area contributed by atoms with Crippen LogP contribution >= 0.6 is 15.9 Å². The van der Waals surface area contributed by atoms with Crippen molar-refractivity contribution in [3.05, 3.63) is 28.8 Å². The number of esters is 1. The highest BCUT2D eigenvalue weighted by molar-refractivity contribution is 9.10. The number of fused-ring (bicyclic) bond motifs is 3. The monoisotopic (exact) mass is 494 g/mol. The maximum Gasteiger partial charge on any atom is 0.311 e. The zero-order chi connectivity index (χ0) is 22.5. The molecule has 1 aromatic rings. The van der Waals surface area contributed by atoms with Crippen LogP contribution in [0.5, 0.6) is 5.75 Å².